The molecule has 0 spiro atoms. The average Bonchev–Trinajstić information content (AvgIpc) is 2.02. The van der Waals surface area contributed by atoms with Gasteiger partial charge in [0.1, 0.15) is 0 Å². The third kappa shape index (κ3) is 2.97. The van der Waals surface area contributed by atoms with Gasteiger partial charge in [0.2, 0.25) is 10.0 Å². The molecule has 0 saturated carbocycles. The molecule has 0 unspecified atom stereocenters. The number of nitrogens with two attached hydrogens (primary N) is 1. The van der Waals surface area contributed by atoms with Crippen molar-refractivity contribution in [1.82, 2.24) is 0 Å². The molecule has 14 heavy (non-hydrogen) atoms. The van der Waals surface area contributed by atoms with Crippen LogP contribution in [-0.2, 0) is 10.0 Å². The maximum atomic E-state index is 10.9. The van der Waals surface area contributed by atoms with Crippen LogP contribution >= 0.6 is 0 Å². The molecule has 1 aromatic rings. The predicted molar refractivity (Wildman–Crippen MR) is 57.1 cm³/mol. The summed E-state index contributed by atoms with van der Waals surface area (Å²) in [7, 11) is -3.57. The Labute approximate surface area is 84.3 Å². The van der Waals surface area contributed by atoms with Crippen molar-refractivity contribution in [2.45, 2.75) is 18.7 Å². The summed E-state index contributed by atoms with van der Waals surface area (Å²) in [5, 5.41) is 4.96. The van der Waals surface area contributed by atoms with Gasteiger partial charge in [-0.2, -0.15) is 0 Å². The van der Waals surface area contributed by atoms with E-state index in [0.29, 0.717) is 0 Å². The zero-order valence-corrected chi connectivity index (χ0v) is 9.01. The maximum absolute atomic E-state index is 10.9. The first-order chi connectivity index (χ1) is 6.39. The highest BCUT2D eigenvalue weighted by atomic mass is 32.2. The standard InChI is InChI=1S/C10H13NO2S/c1-8(2)7-9-3-5-10(6-4-9)14(11,12)13/h3-7H,1-2H3,(H2,11,12,13). The molecule has 0 aliphatic heterocycles. The van der Waals surface area contributed by atoms with E-state index in [4.69, 9.17) is 5.14 Å². The minimum Gasteiger partial charge on any atom is -0.225 e. The van der Waals surface area contributed by atoms with Gasteiger partial charge in [0.25, 0.3) is 0 Å². The average molecular weight is 211 g/mol. The van der Waals surface area contributed by atoms with Crippen LogP contribution in [0.2, 0.25) is 0 Å². The Balaban J connectivity index is 3.08. The van der Waals surface area contributed by atoms with Crippen LogP contribution in [0.5, 0.6) is 0 Å². The van der Waals surface area contributed by atoms with Gasteiger partial charge < -0.3 is 0 Å². The van der Waals surface area contributed by atoms with Gasteiger partial charge in [-0.15, -0.1) is 0 Å². The van der Waals surface area contributed by atoms with Gasteiger partial charge >= 0.3 is 0 Å². The molecule has 0 bridgehead atoms. The van der Waals surface area contributed by atoms with E-state index in [1.165, 1.54) is 12.1 Å². The van der Waals surface area contributed by atoms with E-state index < -0.39 is 10.0 Å². The first-order valence-electron chi connectivity index (χ1n) is 4.17. The lowest BCUT2D eigenvalue weighted by atomic mass is 10.1. The Morgan fingerprint density at radius 3 is 2.07 bits per heavy atom. The van der Waals surface area contributed by atoms with Crippen LogP contribution in [0.4, 0.5) is 0 Å². The highest BCUT2D eigenvalue weighted by molar-refractivity contribution is 7.89. The second-order valence-electron chi connectivity index (χ2n) is 3.34. The molecule has 0 aromatic heterocycles. The molecule has 0 fully saturated rings. The van der Waals surface area contributed by atoms with Crippen LogP contribution in [-0.4, -0.2) is 8.42 Å². The summed E-state index contributed by atoms with van der Waals surface area (Å²) < 4.78 is 21.9. The lowest BCUT2D eigenvalue weighted by Gasteiger charge is -1.98. The van der Waals surface area contributed by atoms with Crippen LogP contribution in [0, 0.1) is 0 Å². The fraction of sp³-hybridized carbons (Fsp3) is 0.200. The third-order valence-corrected chi connectivity index (χ3v) is 2.59. The molecule has 0 heterocycles. The monoisotopic (exact) mass is 211 g/mol. The van der Waals surface area contributed by atoms with Crippen LogP contribution in [0.1, 0.15) is 19.4 Å². The Kier molecular flexibility index (Phi) is 3.08. The van der Waals surface area contributed by atoms with Crippen molar-refractivity contribution in [1.29, 1.82) is 0 Å². The van der Waals surface area contributed by atoms with Crippen LogP contribution in [0.3, 0.4) is 0 Å². The zero-order valence-electron chi connectivity index (χ0n) is 8.19. The predicted octanol–water partition coefficient (Wildman–Crippen LogP) is 1.76. The fourth-order valence-corrected chi connectivity index (χ4v) is 1.60. The molecule has 0 radical (unpaired) electrons. The van der Waals surface area contributed by atoms with Crippen LogP contribution in [0.15, 0.2) is 34.7 Å². The first kappa shape index (κ1) is 10.9. The SMILES string of the molecule is CC(C)=Cc1ccc(S(N)(=O)=O)cc1. The van der Waals surface area contributed by atoms with Crippen molar-refractivity contribution >= 4 is 16.1 Å². The van der Waals surface area contributed by atoms with E-state index in [1.807, 2.05) is 19.9 Å². The highest BCUT2D eigenvalue weighted by Gasteiger charge is 2.05. The number of hydrogen-bond donors (Lipinski definition) is 1. The number of allylic oxidation sites excluding steroid dienone is 1. The van der Waals surface area contributed by atoms with E-state index in [1.54, 1.807) is 12.1 Å². The summed E-state index contributed by atoms with van der Waals surface area (Å²) in [4.78, 5) is 0.142. The molecule has 0 atom stereocenters. The molecule has 0 aliphatic rings. The van der Waals surface area contributed by atoms with Gasteiger partial charge in [-0.25, -0.2) is 13.6 Å². The number of sulfonamides is 1. The van der Waals surface area contributed by atoms with Crippen LogP contribution < -0.4 is 5.14 Å². The Bertz CT molecular complexity index is 440. The topological polar surface area (TPSA) is 60.2 Å². The van der Waals surface area contributed by atoms with Crippen LogP contribution in [0.25, 0.3) is 6.08 Å². The maximum Gasteiger partial charge on any atom is 0.238 e. The van der Waals surface area contributed by atoms with Crippen molar-refractivity contribution in [2.75, 3.05) is 0 Å². The lowest BCUT2D eigenvalue weighted by molar-refractivity contribution is 0.598. The summed E-state index contributed by atoms with van der Waals surface area (Å²) in [6.45, 7) is 3.96. The van der Waals surface area contributed by atoms with Gasteiger partial charge in [0.15, 0.2) is 0 Å². The summed E-state index contributed by atoms with van der Waals surface area (Å²) in [6, 6.07) is 6.47. The summed E-state index contributed by atoms with van der Waals surface area (Å²) >= 11 is 0. The molecule has 0 amide bonds. The molecular weight excluding hydrogens is 198 g/mol. The lowest BCUT2D eigenvalue weighted by Crippen LogP contribution is -2.11. The molecule has 3 nitrogen and oxygen atoms in total. The smallest absolute Gasteiger partial charge is 0.225 e. The van der Waals surface area contributed by atoms with E-state index in [2.05, 4.69) is 0 Å². The Morgan fingerprint density at radius 2 is 1.71 bits per heavy atom. The molecule has 1 aromatic carbocycles. The fourth-order valence-electron chi connectivity index (χ4n) is 1.09. The van der Waals surface area contributed by atoms with Crippen molar-refractivity contribution in [2.24, 2.45) is 5.14 Å². The summed E-state index contributed by atoms with van der Waals surface area (Å²) in [5.74, 6) is 0. The molecule has 2 N–H and O–H groups in total. The first-order valence-corrected chi connectivity index (χ1v) is 5.72. The van der Waals surface area contributed by atoms with Gasteiger partial charge in [-0.1, -0.05) is 23.8 Å². The van der Waals surface area contributed by atoms with E-state index >= 15 is 0 Å². The number of primary sulfonamides is 1. The van der Waals surface area contributed by atoms with Crippen molar-refractivity contribution < 1.29 is 8.42 Å². The number of rotatable bonds is 2. The van der Waals surface area contributed by atoms with Crippen molar-refractivity contribution in [3.63, 3.8) is 0 Å². The van der Waals surface area contributed by atoms with Crippen molar-refractivity contribution in [3.05, 3.63) is 35.4 Å². The summed E-state index contributed by atoms with van der Waals surface area (Å²) in [6.07, 6.45) is 1.97. The van der Waals surface area contributed by atoms with Gasteiger partial charge in [0, 0.05) is 0 Å². The quantitative estimate of drug-likeness (QED) is 0.810. The second kappa shape index (κ2) is 3.94. The van der Waals surface area contributed by atoms with E-state index in [0.717, 1.165) is 11.1 Å². The molecule has 76 valence electrons. The van der Waals surface area contributed by atoms with Gasteiger partial charge in [0.05, 0.1) is 4.90 Å². The molecular formula is C10H13NO2S. The van der Waals surface area contributed by atoms with Crippen molar-refractivity contribution in [3.8, 4) is 0 Å². The number of benzene rings is 1. The van der Waals surface area contributed by atoms with E-state index in [-0.39, 0.29) is 4.90 Å². The minimum atomic E-state index is -3.57. The third-order valence-electron chi connectivity index (χ3n) is 1.66. The molecule has 0 aliphatic carbocycles. The highest BCUT2D eigenvalue weighted by Crippen LogP contribution is 2.11. The Morgan fingerprint density at radius 1 is 1.21 bits per heavy atom. The second-order valence-corrected chi connectivity index (χ2v) is 4.90. The Hall–Kier alpha value is -1.13. The summed E-state index contributed by atoms with van der Waals surface area (Å²) in [5.41, 5.74) is 2.13. The zero-order chi connectivity index (χ0) is 10.8. The molecule has 0 saturated heterocycles. The minimum absolute atomic E-state index is 0.142. The number of hydrogen-bond acceptors (Lipinski definition) is 2. The normalized spacial score (nSPS) is 11.1. The van der Waals surface area contributed by atoms with Gasteiger partial charge in [-0.3, -0.25) is 0 Å². The molecule has 4 heteroatoms. The largest absolute Gasteiger partial charge is 0.238 e. The van der Waals surface area contributed by atoms with Gasteiger partial charge in [-0.05, 0) is 31.5 Å². The van der Waals surface area contributed by atoms with E-state index in [9.17, 15) is 8.42 Å². The molecule has 1 rings (SSSR count).